The van der Waals surface area contributed by atoms with Gasteiger partial charge in [-0.25, -0.2) is 0 Å². The number of benzene rings is 1. The molecule has 1 aromatic carbocycles. The van der Waals surface area contributed by atoms with Crippen molar-refractivity contribution >= 4 is 23.0 Å². The van der Waals surface area contributed by atoms with Crippen LogP contribution in [0.2, 0.25) is 5.02 Å². The summed E-state index contributed by atoms with van der Waals surface area (Å²) in [6.45, 7) is 6.59. The van der Waals surface area contributed by atoms with Crippen molar-refractivity contribution in [1.29, 1.82) is 0 Å². The van der Waals surface area contributed by atoms with Crippen LogP contribution >= 0.6 is 11.6 Å². The molecule has 1 aromatic rings. The lowest BCUT2D eigenvalue weighted by atomic mass is 10.2. The fraction of sp³-hybridized carbons (Fsp3) is 0.500. The number of nitrogens with zero attached hydrogens (tertiary/aromatic N) is 1. The van der Waals surface area contributed by atoms with Gasteiger partial charge in [-0.15, -0.1) is 0 Å². The Balaban J connectivity index is 2.40. The van der Waals surface area contributed by atoms with E-state index >= 15 is 0 Å². The number of hydrogen-bond acceptors (Lipinski definition) is 2. The molecule has 0 unspecified atom stereocenters. The van der Waals surface area contributed by atoms with E-state index in [0.29, 0.717) is 6.04 Å². The highest BCUT2D eigenvalue weighted by molar-refractivity contribution is 6.31. The van der Waals surface area contributed by atoms with Crippen LogP contribution in [-0.2, 0) is 0 Å². The lowest BCUT2D eigenvalue weighted by Crippen LogP contribution is -2.31. The molecule has 0 spiro atoms. The second kappa shape index (κ2) is 4.31. The van der Waals surface area contributed by atoms with Crippen molar-refractivity contribution in [2.24, 2.45) is 0 Å². The molecule has 0 saturated carbocycles. The van der Waals surface area contributed by atoms with Crippen LogP contribution in [0.4, 0.5) is 11.4 Å². The van der Waals surface area contributed by atoms with Gasteiger partial charge in [0.15, 0.2) is 0 Å². The van der Waals surface area contributed by atoms with Crippen LogP contribution in [0.15, 0.2) is 18.2 Å². The minimum absolute atomic E-state index is 0.532. The van der Waals surface area contributed by atoms with Gasteiger partial charge >= 0.3 is 0 Å². The highest BCUT2D eigenvalue weighted by Gasteiger charge is 2.17. The largest absolute Gasteiger partial charge is 0.383 e. The van der Waals surface area contributed by atoms with Crippen LogP contribution in [0.5, 0.6) is 0 Å². The first-order chi connectivity index (χ1) is 7.18. The van der Waals surface area contributed by atoms with E-state index in [1.165, 1.54) is 12.1 Å². The van der Waals surface area contributed by atoms with E-state index in [1.54, 1.807) is 0 Å². The van der Waals surface area contributed by atoms with Crippen molar-refractivity contribution in [2.45, 2.75) is 26.3 Å². The number of halogens is 1. The SMILES string of the molecule is CC(C)N1CCCNc2cc(Cl)ccc21. The van der Waals surface area contributed by atoms with Gasteiger partial charge in [0.1, 0.15) is 0 Å². The molecule has 15 heavy (non-hydrogen) atoms. The Morgan fingerprint density at radius 1 is 1.40 bits per heavy atom. The topological polar surface area (TPSA) is 15.3 Å². The van der Waals surface area contributed by atoms with Gasteiger partial charge < -0.3 is 10.2 Å². The predicted octanol–water partition coefficient (Wildman–Crippen LogP) is 3.37. The van der Waals surface area contributed by atoms with Crippen LogP contribution in [0.1, 0.15) is 20.3 Å². The third-order valence-electron chi connectivity index (χ3n) is 2.78. The summed E-state index contributed by atoms with van der Waals surface area (Å²) >= 11 is 6.00. The molecule has 1 N–H and O–H groups in total. The summed E-state index contributed by atoms with van der Waals surface area (Å²) in [6, 6.07) is 6.61. The molecule has 2 nitrogen and oxygen atoms in total. The first-order valence-corrected chi connectivity index (χ1v) is 5.86. The van der Waals surface area contributed by atoms with E-state index in [1.807, 2.05) is 12.1 Å². The highest BCUT2D eigenvalue weighted by atomic mass is 35.5. The molecule has 0 bridgehead atoms. The molecular weight excluding hydrogens is 208 g/mol. The zero-order valence-electron chi connectivity index (χ0n) is 9.26. The molecule has 0 aliphatic carbocycles. The molecule has 82 valence electrons. The van der Waals surface area contributed by atoms with Gasteiger partial charge in [-0.05, 0) is 38.5 Å². The minimum atomic E-state index is 0.532. The average Bonchev–Trinajstić information content (AvgIpc) is 2.38. The van der Waals surface area contributed by atoms with Crippen LogP contribution in [0.3, 0.4) is 0 Å². The lowest BCUT2D eigenvalue weighted by Gasteiger charge is -2.28. The number of fused-ring (bicyclic) bond motifs is 1. The monoisotopic (exact) mass is 224 g/mol. The van der Waals surface area contributed by atoms with E-state index in [9.17, 15) is 0 Å². The van der Waals surface area contributed by atoms with E-state index in [-0.39, 0.29) is 0 Å². The summed E-state index contributed by atoms with van der Waals surface area (Å²) in [5, 5.41) is 4.22. The first kappa shape index (κ1) is 10.6. The van der Waals surface area contributed by atoms with Crippen molar-refractivity contribution in [3.63, 3.8) is 0 Å². The van der Waals surface area contributed by atoms with Crippen LogP contribution in [0.25, 0.3) is 0 Å². The maximum atomic E-state index is 6.00. The Kier molecular flexibility index (Phi) is 3.06. The van der Waals surface area contributed by atoms with Crippen LogP contribution in [-0.4, -0.2) is 19.1 Å². The average molecular weight is 225 g/mol. The van der Waals surface area contributed by atoms with Crippen molar-refractivity contribution in [2.75, 3.05) is 23.3 Å². The number of hydrogen-bond donors (Lipinski definition) is 1. The summed E-state index contributed by atoms with van der Waals surface area (Å²) in [5.74, 6) is 0. The van der Waals surface area contributed by atoms with E-state index in [2.05, 4.69) is 30.1 Å². The highest BCUT2D eigenvalue weighted by Crippen LogP contribution is 2.32. The van der Waals surface area contributed by atoms with Crippen molar-refractivity contribution in [3.8, 4) is 0 Å². The Hall–Kier alpha value is -0.890. The van der Waals surface area contributed by atoms with Crippen molar-refractivity contribution < 1.29 is 0 Å². The summed E-state index contributed by atoms with van der Waals surface area (Å²) in [6.07, 6.45) is 1.17. The van der Waals surface area contributed by atoms with Crippen molar-refractivity contribution in [1.82, 2.24) is 0 Å². The predicted molar refractivity (Wildman–Crippen MR) is 67.0 cm³/mol. The van der Waals surface area contributed by atoms with E-state index in [0.717, 1.165) is 23.8 Å². The Morgan fingerprint density at radius 3 is 2.93 bits per heavy atom. The van der Waals surface area contributed by atoms with Crippen LogP contribution in [0, 0.1) is 0 Å². The zero-order chi connectivity index (χ0) is 10.8. The van der Waals surface area contributed by atoms with Crippen molar-refractivity contribution in [3.05, 3.63) is 23.2 Å². The molecule has 1 heterocycles. The van der Waals surface area contributed by atoms with E-state index < -0.39 is 0 Å². The number of nitrogens with one attached hydrogen (secondary N) is 1. The lowest BCUT2D eigenvalue weighted by molar-refractivity contribution is 0.672. The maximum absolute atomic E-state index is 6.00. The minimum Gasteiger partial charge on any atom is -0.383 e. The Bertz CT molecular complexity index is 349. The second-order valence-electron chi connectivity index (χ2n) is 4.23. The molecule has 1 aliphatic rings. The Labute approximate surface area is 96.2 Å². The molecule has 2 rings (SSSR count). The number of rotatable bonds is 1. The summed E-state index contributed by atoms with van der Waals surface area (Å²) in [5.41, 5.74) is 2.43. The van der Waals surface area contributed by atoms with Gasteiger partial charge in [-0.1, -0.05) is 11.6 Å². The van der Waals surface area contributed by atoms with Gasteiger partial charge in [0.05, 0.1) is 11.4 Å². The summed E-state index contributed by atoms with van der Waals surface area (Å²) in [7, 11) is 0. The third kappa shape index (κ3) is 2.20. The molecule has 0 fully saturated rings. The van der Waals surface area contributed by atoms with Gasteiger partial charge in [-0.3, -0.25) is 0 Å². The standard InChI is InChI=1S/C12H17ClN2/c1-9(2)15-7-3-6-14-11-8-10(13)4-5-12(11)15/h4-5,8-9,14H,3,6-7H2,1-2H3. The van der Waals surface area contributed by atoms with Gasteiger partial charge in [0.2, 0.25) is 0 Å². The van der Waals surface area contributed by atoms with E-state index in [4.69, 9.17) is 11.6 Å². The maximum Gasteiger partial charge on any atom is 0.0605 e. The second-order valence-corrected chi connectivity index (χ2v) is 4.67. The third-order valence-corrected chi connectivity index (χ3v) is 3.02. The van der Waals surface area contributed by atoms with Gasteiger partial charge in [0, 0.05) is 24.2 Å². The molecule has 0 amide bonds. The molecule has 0 atom stereocenters. The Morgan fingerprint density at radius 2 is 2.20 bits per heavy atom. The molecule has 3 heteroatoms. The molecule has 0 saturated heterocycles. The summed E-state index contributed by atoms with van der Waals surface area (Å²) in [4.78, 5) is 2.42. The number of anilines is 2. The smallest absolute Gasteiger partial charge is 0.0605 e. The zero-order valence-corrected chi connectivity index (χ0v) is 10.0. The van der Waals surface area contributed by atoms with Gasteiger partial charge in [-0.2, -0.15) is 0 Å². The molecular formula is C12H17ClN2. The quantitative estimate of drug-likeness (QED) is 0.787. The van der Waals surface area contributed by atoms with Crippen LogP contribution < -0.4 is 10.2 Å². The normalized spacial score (nSPS) is 15.9. The fourth-order valence-electron chi connectivity index (χ4n) is 2.03. The van der Waals surface area contributed by atoms with Gasteiger partial charge in [0.25, 0.3) is 0 Å². The molecule has 0 radical (unpaired) electrons. The fourth-order valence-corrected chi connectivity index (χ4v) is 2.20. The summed E-state index contributed by atoms with van der Waals surface area (Å²) < 4.78 is 0. The first-order valence-electron chi connectivity index (χ1n) is 5.48. The molecule has 1 aliphatic heterocycles. The molecule has 0 aromatic heterocycles.